The van der Waals surface area contributed by atoms with E-state index in [9.17, 15) is 0 Å². The molecule has 0 amide bonds. The molecule has 74 valence electrons. The third-order valence-corrected chi connectivity index (χ3v) is 3.18. The highest BCUT2D eigenvalue weighted by Gasteiger charge is 2.04. The molecule has 14 heavy (non-hydrogen) atoms. The molecule has 2 aromatic rings. The van der Waals surface area contributed by atoms with Crippen LogP contribution in [-0.4, -0.2) is 14.6 Å². The van der Waals surface area contributed by atoms with Gasteiger partial charge < -0.3 is 0 Å². The molecule has 0 aliphatic heterocycles. The average Bonchev–Trinajstić information content (AvgIpc) is 2.72. The van der Waals surface area contributed by atoms with Gasteiger partial charge in [0.05, 0.1) is 6.20 Å². The Kier molecular flexibility index (Phi) is 2.63. The second-order valence-corrected chi connectivity index (χ2v) is 4.44. The van der Waals surface area contributed by atoms with Crippen molar-refractivity contribution in [3.63, 3.8) is 0 Å². The topological polar surface area (TPSA) is 41.6 Å². The van der Waals surface area contributed by atoms with Gasteiger partial charge in [0.1, 0.15) is 0 Å². The van der Waals surface area contributed by atoms with Gasteiger partial charge in [0.25, 0.3) is 0 Å². The molecule has 0 aliphatic rings. The molecule has 0 bridgehead atoms. The predicted molar refractivity (Wildman–Crippen MR) is 57.6 cm³/mol. The maximum absolute atomic E-state index is 4.16. The van der Waals surface area contributed by atoms with E-state index >= 15 is 0 Å². The zero-order valence-electron chi connectivity index (χ0n) is 8.37. The summed E-state index contributed by atoms with van der Waals surface area (Å²) in [5.41, 5.74) is 3.82. The zero-order valence-corrected chi connectivity index (χ0v) is 9.19. The lowest BCUT2D eigenvalue weighted by atomic mass is 10.1. The molecule has 2 heterocycles. The fourth-order valence-electron chi connectivity index (χ4n) is 1.44. The number of rotatable bonds is 3. The van der Waals surface area contributed by atoms with Gasteiger partial charge in [-0.1, -0.05) is 0 Å². The Labute approximate surface area is 87.3 Å². The van der Waals surface area contributed by atoms with E-state index in [-0.39, 0.29) is 0 Å². The zero-order chi connectivity index (χ0) is 9.97. The first-order chi connectivity index (χ1) is 6.77. The van der Waals surface area contributed by atoms with Gasteiger partial charge in [-0.2, -0.15) is 5.10 Å². The molecule has 0 atom stereocenters. The van der Waals surface area contributed by atoms with Gasteiger partial charge in [0.2, 0.25) is 0 Å². The molecule has 3 nitrogen and oxygen atoms in total. The summed E-state index contributed by atoms with van der Waals surface area (Å²) in [7, 11) is 0. The van der Waals surface area contributed by atoms with Crippen molar-refractivity contribution in [2.75, 3.05) is 0 Å². The fourth-order valence-corrected chi connectivity index (χ4v) is 2.06. The molecule has 1 N–H and O–H groups in total. The van der Waals surface area contributed by atoms with Crippen molar-refractivity contribution in [2.24, 2.45) is 0 Å². The number of aromatic amines is 1. The molecule has 0 saturated heterocycles. The van der Waals surface area contributed by atoms with Crippen molar-refractivity contribution >= 4 is 11.5 Å². The third kappa shape index (κ3) is 1.85. The van der Waals surface area contributed by atoms with E-state index in [1.807, 2.05) is 12.4 Å². The molecule has 2 rings (SSSR count). The smallest absolute Gasteiger partial charge is 0.0519 e. The Hall–Kier alpha value is -1.16. The predicted octanol–water partition coefficient (Wildman–Crippen LogP) is 2.27. The summed E-state index contributed by atoms with van der Waals surface area (Å²) in [5, 5.41) is 7.03. The maximum atomic E-state index is 4.16. The van der Waals surface area contributed by atoms with Crippen LogP contribution in [0.5, 0.6) is 0 Å². The Morgan fingerprint density at radius 2 is 2.14 bits per heavy atom. The first-order valence-electron chi connectivity index (χ1n) is 4.66. The van der Waals surface area contributed by atoms with Gasteiger partial charge in [0.15, 0.2) is 0 Å². The van der Waals surface area contributed by atoms with Crippen LogP contribution < -0.4 is 0 Å². The Bertz CT molecular complexity index is 376. The van der Waals surface area contributed by atoms with Crippen molar-refractivity contribution in [1.82, 2.24) is 14.6 Å². The molecule has 0 aromatic carbocycles. The Morgan fingerprint density at radius 3 is 2.71 bits per heavy atom. The summed E-state index contributed by atoms with van der Waals surface area (Å²) in [4.78, 5) is 1.32. The SMILES string of the molecule is Cc1cn[nH]c1CCc1cnsc1C. The first-order valence-corrected chi connectivity index (χ1v) is 5.43. The van der Waals surface area contributed by atoms with Crippen LogP contribution in [0.2, 0.25) is 0 Å². The Morgan fingerprint density at radius 1 is 1.29 bits per heavy atom. The van der Waals surface area contributed by atoms with Gasteiger partial charge in [-0.3, -0.25) is 5.10 Å². The minimum Gasteiger partial charge on any atom is -0.282 e. The van der Waals surface area contributed by atoms with Gasteiger partial charge in [-0.05, 0) is 49.3 Å². The molecule has 0 spiro atoms. The lowest BCUT2D eigenvalue weighted by Crippen LogP contribution is -1.93. The summed E-state index contributed by atoms with van der Waals surface area (Å²) < 4.78 is 4.16. The minimum absolute atomic E-state index is 1.02. The van der Waals surface area contributed by atoms with Gasteiger partial charge in [-0.25, -0.2) is 4.37 Å². The van der Waals surface area contributed by atoms with Crippen molar-refractivity contribution in [1.29, 1.82) is 0 Å². The van der Waals surface area contributed by atoms with Gasteiger partial charge >= 0.3 is 0 Å². The highest BCUT2D eigenvalue weighted by molar-refractivity contribution is 7.05. The van der Waals surface area contributed by atoms with Crippen LogP contribution >= 0.6 is 11.5 Å². The van der Waals surface area contributed by atoms with E-state index in [1.165, 1.54) is 21.7 Å². The summed E-state index contributed by atoms with van der Waals surface area (Å²) in [6, 6.07) is 0. The van der Waals surface area contributed by atoms with E-state index in [1.54, 1.807) is 11.5 Å². The number of aryl methyl sites for hydroxylation is 4. The van der Waals surface area contributed by atoms with Crippen molar-refractivity contribution < 1.29 is 0 Å². The average molecular weight is 207 g/mol. The van der Waals surface area contributed by atoms with Crippen LogP contribution in [0.1, 0.15) is 21.7 Å². The number of H-pyrrole nitrogens is 1. The number of hydrogen-bond donors (Lipinski definition) is 1. The number of aromatic nitrogens is 3. The Balaban J connectivity index is 2.02. The highest BCUT2D eigenvalue weighted by Crippen LogP contribution is 2.14. The number of nitrogens with one attached hydrogen (secondary N) is 1. The molecule has 2 aromatic heterocycles. The van der Waals surface area contributed by atoms with E-state index in [0.29, 0.717) is 0 Å². The molecule has 0 unspecified atom stereocenters. The fraction of sp³-hybridized carbons (Fsp3) is 0.400. The van der Waals surface area contributed by atoms with Gasteiger partial charge in [0, 0.05) is 16.8 Å². The van der Waals surface area contributed by atoms with Crippen LogP contribution in [0.15, 0.2) is 12.4 Å². The quantitative estimate of drug-likeness (QED) is 0.838. The lowest BCUT2D eigenvalue weighted by Gasteiger charge is -1.98. The molecular formula is C10H13N3S. The van der Waals surface area contributed by atoms with Gasteiger partial charge in [-0.15, -0.1) is 0 Å². The number of nitrogens with zero attached hydrogens (tertiary/aromatic N) is 2. The van der Waals surface area contributed by atoms with Crippen LogP contribution in [0.4, 0.5) is 0 Å². The van der Waals surface area contributed by atoms with E-state index in [2.05, 4.69) is 28.4 Å². The summed E-state index contributed by atoms with van der Waals surface area (Å²) in [5.74, 6) is 0. The van der Waals surface area contributed by atoms with Crippen molar-refractivity contribution in [3.05, 3.63) is 34.1 Å². The monoisotopic (exact) mass is 207 g/mol. The summed E-state index contributed by atoms with van der Waals surface area (Å²) >= 11 is 1.57. The second kappa shape index (κ2) is 3.92. The van der Waals surface area contributed by atoms with Crippen LogP contribution in [0, 0.1) is 13.8 Å². The van der Waals surface area contributed by atoms with E-state index < -0.39 is 0 Å². The van der Waals surface area contributed by atoms with Crippen LogP contribution in [-0.2, 0) is 12.8 Å². The van der Waals surface area contributed by atoms with Crippen LogP contribution in [0.3, 0.4) is 0 Å². The lowest BCUT2D eigenvalue weighted by molar-refractivity contribution is 0.884. The number of hydrogen-bond acceptors (Lipinski definition) is 3. The molecule has 0 saturated carbocycles. The minimum atomic E-state index is 1.02. The normalized spacial score (nSPS) is 10.7. The standard InChI is InChI=1S/C10H13N3S/c1-7-5-11-13-10(7)4-3-9-6-12-14-8(9)2/h5-6H,3-4H2,1-2H3,(H,11,13). The highest BCUT2D eigenvalue weighted by atomic mass is 32.1. The molecule has 0 radical (unpaired) electrons. The first kappa shape index (κ1) is 9.40. The summed E-state index contributed by atoms with van der Waals surface area (Å²) in [6.07, 6.45) is 5.90. The second-order valence-electron chi connectivity index (χ2n) is 3.44. The van der Waals surface area contributed by atoms with E-state index in [4.69, 9.17) is 0 Å². The van der Waals surface area contributed by atoms with E-state index in [0.717, 1.165) is 12.8 Å². The maximum Gasteiger partial charge on any atom is 0.0519 e. The molecule has 4 heteroatoms. The van der Waals surface area contributed by atoms with Crippen LogP contribution in [0.25, 0.3) is 0 Å². The van der Waals surface area contributed by atoms with Crippen molar-refractivity contribution in [2.45, 2.75) is 26.7 Å². The largest absolute Gasteiger partial charge is 0.282 e. The third-order valence-electron chi connectivity index (χ3n) is 2.43. The summed E-state index contributed by atoms with van der Waals surface area (Å²) in [6.45, 7) is 4.20. The molecular weight excluding hydrogens is 194 g/mol. The molecule has 0 fully saturated rings. The van der Waals surface area contributed by atoms with Crippen molar-refractivity contribution in [3.8, 4) is 0 Å². The molecule has 0 aliphatic carbocycles.